The number of hydrogen-bond acceptors (Lipinski definition) is 6. The van der Waals surface area contributed by atoms with E-state index in [1.807, 2.05) is 24.4 Å². The molecule has 0 bridgehead atoms. The number of benzene rings is 1. The minimum absolute atomic E-state index is 0.283. The molecule has 1 fully saturated rings. The summed E-state index contributed by atoms with van der Waals surface area (Å²) in [5.41, 5.74) is 1.02. The number of piperazine rings is 1. The number of pyridine rings is 1. The van der Waals surface area contributed by atoms with Crippen LogP contribution in [0.25, 0.3) is 11.3 Å². The van der Waals surface area contributed by atoms with Gasteiger partial charge < -0.3 is 9.42 Å². The van der Waals surface area contributed by atoms with E-state index in [2.05, 4.69) is 38.0 Å². The van der Waals surface area contributed by atoms with Crippen LogP contribution in [-0.4, -0.2) is 66.3 Å². The fraction of sp³-hybridized carbons (Fsp3) is 0.391. The second-order valence-electron chi connectivity index (χ2n) is 7.77. The number of aromatic nitrogens is 2. The molecule has 0 N–H and O–H groups in total. The average Bonchev–Trinajstić information content (AvgIpc) is 3.23. The van der Waals surface area contributed by atoms with Crippen molar-refractivity contribution in [2.45, 2.75) is 13.0 Å². The molecule has 6 nitrogen and oxygen atoms in total. The Morgan fingerprint density at radius 3 is 2.63 bits per heavy atom. The lowest BCUT2D eigenvalue weighted by Gasteiger charge is -2.35. The van der Waals surface area contributed by atoms with Gasteiger partial charge in [0.1, 0.15) is 17.3 Å². The summed E-state index contributed by atoms with van der Waals surface area (Å²) >= 11 is 0. The average molecular weight is 410 g/mol. The first-order valence-corrected chi connectivity index (χ1v) is 10.5. The summed E-state index contributed by atoms with van der Waals surface area (Å²) < 4.78 is 19.3. The van der Waals surface area contributed by atoms with Crippen molar-refractivity contribution in [1.29, 1.82) is 0 Å². The first-order chi connectivity index (χ1) is 14.7. The summed E-state index contributed by atoms with van der Waals surface area (Å²) in [6.07, 6.45) is 2.94. The van der Waals surface area contributed by atoms with Gasteiger partial charge in [-0.3, -0.25) is 9.80 Å². The predicted octanol–water partition coefficient (Wildman–Crippen LogP) is 3.52. The van der Waals surface area contributed by atoms with E-state index in [0.717, 1.165) is 57.3 Å². The molecule has 0 unspecified atom stereocenters. The highest BCUT2D eigenvalue weighted by molar-refractivity contribution is 5.59. The number of hydrogen-bond donors (Lipinski definition) is 0. The maximum atomic E-state index is 13.9. The molecule has 0 aliphatic carbocycles. The van der Waals surface area contributed by atoms with Crippen LogP contribution < -0.4 is 4.90 Å². The van der Waals surface area contributed by atoms with Crippen molar-refractivity contribution in [3.8, 4) is 11.3 Å². The maximum absolute atomic E-state index is 13.9. The van der Waals surface area contributed by atoms with Crippen molar-refractivity contribution in [3.63, 3.8) is 0 Å². The molecule has 0 saturated carbocycles. The van der Waals surface area contributed by atoms with Gasteiger partial charge in [-0.1, -0.05) is 23.4 Å². The third-order valence-corrected chi connectivity index (χ3v) is 5.49. The van der Waals surface area contributed by atoms with Gasteiger partial charge in [0.25, 0.3) is 0 Å². The normalized spacial score (nSPS) is 15.1. The van der Waals surface area contributed by atoms with E-state index < -0.39 is 0 Å². The highest BCUT2D eigenvalue weighted by atomic mass is 19.1. The van der Waals surface area contributed by atoms with Crippen molar-refractivity contribution < 1.29 is 8.91 Å². The van der Waals surface area contributed by atoms with Crippen LogP contribution in [0.15, 0.2) is 59.3 Å². The van der Waals surface area contributed by atoms with Crippen LogP contribution in [0, 0.1) is 5.82 Å². The van der Waals surface area contributed by atoms with Crippen LogP contribution in [0.5, 0.6) is 0 Å². The van der Waals surface area contributed by atoms with Crippen LogP contribution in [0.1, 0.15) is 12.2 Å². The highest BCUT2D eigenvalue weighted by Crippen LogP contribution is 2.22. The molecule has 4 rings (SSSR count). The molecule has 3 aromatic rings. The van der Waals surface area contributed by atoms with Crippen molar-refractivity contribution in [2.75, 3.05) is 51.2 Å². The lowest BCUT2D eigenvalue weighted by Crippen LogP contribution is -2.47. The summed E-state index contributed by atoms with van der Waals surface area (Å²) in [6, 6.07) is 14.5. The van der Waals surface area contributed by atoms with Crippen molar-refractivity contribution in [1.82, 2.24) is 19.9 Å². The van der Waals surface area contributed by atoms with Gasteiger partial charge in [0.05, 0.1) is 6.54 Å². The van der Waals surface area contributed by atoms with E-state index in [4.69, 9.17) is 4.52 Å². The topological polar surface area (TPSA) is 48.6 Å². The van der Waals surface area contributed by atoms with E-state index >= 15 is 0 Å². The Kier molecular flexibility index (Phi) is 6.71. The first-order valence-electron chi connectivity index (χ1n) is 10.5. The number of halogens is 1. The SMILES string of the molecule is CN(CCCN1CCN(c2ccccn2)CC1)Cc1cc(-c2ccccc2F)no1. The molecule has 2 aromatic heterocycles. The van der Waals surface area contributed by atoms with Crippen LogP contribution >= 0.6 is 0 Å². The van der Waals surface area contributed by atoms with Gasteiger partial charge >= 0.3 is 0 Å². The summed E-state index contributed by atoms with van der Waals surface area (Å²) in [7, 11) is 2.07. The Labute approximate surface area is 176 Å². The van der Waals surface area contributed by atoms with Gasteiger partial charge in [0.2, 0.25) is 0 Å². The van der Waals surface area contributed by atoms with Crippen molar-refractivity contribution in [3.05, 3.63) is 66.3 Å². The summed E-state index contributed by atoms with van der Waals surface area (Å²) in [5.74, 6) is 1.53. The van der Waals surface area contributed by atoms with Crippen LogP contribution in [0.3, 0.4) is 0 Å². The van der Waals surface area contributed by atoms with Crippen LogP contribution in [0.4, 0.5) is 10.2 Å². The molecule has 0 spiro atoms. The molecule has 3 heterocycles. The molecule has 1 aliphatic heterocycles. The fourth-order valence-electron chi connectivity index (χ4n) is 3.83. The molecule has 1 aromatic carbocycles. The van der Waals surface area contributed by atoms with Gasteiger partial charge in [-0.25, -0.2) is 9.37 Å². The standard InChI is InChI=1S/C23H28FN5O/c1-27(18-19-17-22(26-30-19)20-7-2-3-8-21(20)24)11-6-12-28-13-15-29(16-14-28)23-9-4-5-10-25-23/h2-5,7-10,17H,6,11-16,18H2,1H3. The molecular formula is C23H28FN5O. The largest absolute Gasteiger partial charge is 0.359 e. The highest BCUT2D eigenvalue weighted by Gasteiger charge is 2.18. The quantitative estimate of drug-likeness (QED) is 0.567. The molecule has 30 heavy (non-hydrogen) atoms. The Morgan fingerprint density at radius 1 is 1.07 bits per heavy atom. The van der Waals surface area contributed by atoms with Crippen LogP contribution in [-0.2, 0) is 6.54 Å². The molecule has 0 amide bonds. The number of anilines is 1. The molecule has 158 valence electrons. The molecule has 0 atom stereocenters. The minimum Gasteiger partial charge on any atom is -0.359 e. The van der Waals surface area contributed by atoms with E-state index in [1.54, 1.807) is 18.2 Å². The van der Waals surface area contributed by atoms with Gasteiger partial charge in [0, 0.05) is 44.0 Å². The predicted molar refractivity (Wildman–Crippen MR) is 116 cm³/mol. The maximum Gasteiger partial charge on any atom is 0.151 e. The minimum atomic E-state index is -0.283. The van der Waals surface area contributed by atoms with Crippen LogP contribution in [0.2, 0.25) is 0 Å². The molecule has 7 heteroatoms. The summed E-state index contributed by atoms with van der Waals surface area (Å²) in [5, 5.41) is 4.03. The fourth-order valence-corrected chi connectivity index (χ4v) is 3.83. The monoisotopic (exact) mass is 409 g/mol. The van der Waals surface area contributed by atoms with E-state index in [9.17, 15) is 4.39 Å². The number of nitrogens with zero attached hydrogens (tertiary/aromatic N) is 5. The van der Waals surface area contributed by atoms with E-state index in [0.29, 0.717) is 17.8 Å². The smallest absolute Gasteiger partial charge is 0.151 e. The lowest BCUT2D eigenvalue weighted by molar-refractivity contribution is 0.222. The second-order valence-corrected chi connectivity index (χ2v) is 7.77. The zero-order chi connectivity index (χ0) is 20.8. The van der Waals surface area contributed by atoms with Crippen molar-refractivity contribution >= 4 is 5.82 Å². The third-order valence-electron chi connectivity index (χ3n) is 5.49. The molecule has 1 aliphatic rings. The van der Waals surface area contributed by atoms with E-state index in [-0.39, 0.29) is 5.82 Å². The van der Waals surface area contributed by atoms with Gasteiger partial charge in [-0.15, -0.1) is 0 Å². The Morgan fingerprint density at radius 2 is 1.87 bits per heavy atom. The first kappa shape index (κ1) is 20.5. The molecular weight excluding hydrogens is 381 g/mol. The Bertz CT molecular complexity index is 924. The Balaban J connectivity index is 1.18. The van der Waals surface area contributed by atoms with E-state index in [1.165, 1.54) is 6.07 Å². The zero-order valence-electron chi connectivity index (χ0n) is 17.4. The van der Waals surface area contributed by atoms with Gasteiger partial charge in [-0.05, 0) is 50.8 Å². The zero-order valence-corrected chi connectivity index (χ0v) is 17.4. The summed E-state index contributed by atoms with van der Waals surface area (Å²) in [6.45, 7) is 6.87. The molecule has 1 saturated heterocycles. The number of rotatable bonds is 8. The van der Waals surface area contributed by atoms with Crippen molar-refractivity contribution in [2.24, 2.45) is 0 Å². The van der Waals surface area contributed by atoms with Gasteiger partial charge in [-0.2, -0.15) is 0 Å². The molecule has 0 radical (unpaired) electrons. The second kappa shape index (κ2) is 9.82. The van der Waals surface area contributed by atoms with Gasteiger partial charge in [0.15, 0.2) is 5.76 Å². The third kappa shape index (κ3) is 5.23. The Hall–Kier alpha value is -2.77. The summed E-state index contributed by atoms with van der Waals surface area (Å²) in [4.78, 5) is 11.5. The lowest BCUT2D eigenvalue weighted by atomic mass is 10.1.